The largest absolute Gasteiger partial charge is 0.497 e. The standard InChI is InChI=1S/C14H19N3O3/c1-10-7-11(20-2)3-4-12(10)16-8-14(19)17-6-5-15-13(18)9-17/h3-4,7,16H,5-6,8-9H2,1-2H3,(H,15,18). The van der Waals surface area contributed by atoms with E-state index in [-0.39, 0.29) is 24.9 Å². The lowest BCUT2D eigenvalue weighted by molar-refractivity contribution is -0.136. The van der Waals surface area contributed by atoms with Crippen molar-refractivity contribution in [2.75, 3.05) is 38.6 Å². The van der Waals surface area contributed by atoms with E-state index < -0.39 is 0 Å². The van der Waals surface area contributed by atoms with Gasteiger partial charge in [-0.3, -0.25) is 9.59 Å². The molecule has 2 rings (SSSR count). The topological polar surface area (TPSA) is 70.7 Å². The van der Waals surface area contributed by atoms with Crippen LogP contribution in [0.25, 0.3) is 0 Å². The van der Waals surface area contributed by atoms with E-state index in [0.717, 1.165) is 17.0 Å². The van der Waals surface area contributed by atoms with Gasteiger partial charge in [-0.15, -0.1) is 0 Å². The minimum atomic E-state index is -0.106. The van der Waals surface area contributed by atoms with Gasteiger partial charge in [-0.05, 0) is 30.7 Å². The number of carbonyl (C=O) groups is 2. The van der Waals surface area contributed by atoms with Crippen LogP contribution < -0.4 is 15.4 Å². The smallest absolute Gasteiger partial charge is 0.242 e. The van der Waals surface area contributed by atoms with Gasteiger partial charge in [0, 0.05) is 18.8 Å². The predicted molar refractivity (Wildman–Crippen MR) is 75.8 cm³/mol. The van der Waals surface area contributed by atoms with Gasteiger partial charge in [0.2, 0.25) is 11.8 Å². The van der Waals surface area contributed by atoms with Crippen LogP contribution in [0.5, 0.6) is 5.75 Å². The van der Waals surface area contributed by atoms with Crippen LogP contribution in [0, 0.1) is 6.92 Å². The molecule has 20 heavy (non-hydrogen) atoms. The summed E-state index contributed by atoms with van der Waals surface area (Å²) in [5, 5.41) is 5.79. The summed E-state index contributed by atoms with van der Waals surface area (Å²) in [5.41, 5.74) is 1.90. The van der Waals surface area contributed by atoms with E-state index in [4.69, 9.17) is 4.74 Å². The maximum Gasteiger partial charge on any atom is 0.242 e. The molecule has 0 spiro atoms. The van der Waals surface area contributed by atoms with Crippen molar-refractivity contribution in [2.24, 2.45) is 0 Å². The van der Waals surface area contributed by atoms with E-state index in [9.17, 15) is 9.59 Å². The Balaban J connectivity index is 1.91. The van der Waals surface area contributed by atoms with Gasteiger partial charge in [0.25, 0.3) is 0 Å². The maximum atomic E-state index is 12.0. The zero-order valence-corrected chi connectivity index (χ0v) is 11.7. The second-order valence-corrected chi connectivity index (χ2v) is 4.70. The molecule has 1 saturated heterocycles. The minimum Gasteiger partial charge on any atom is -0.497 e. The number of carbonyl (C=O) groups excluding carboxylic acids is 2. The molecule has 6 nitrogen and oxygen atoms in total. The van der Waals surface area contributed by atoms with Crippen LogP contribution in [0.2, 0.25) is 0 Å². The predicted octanol–water partition coefficient (Wildman–Crippen LogP) is 0.374. The fourth-order valence-electron chi connectivity index (χ4n) is 2.10. The van der Waals surface area contributed by atoms with Crippen LogP contribution in [0.3, 0.4) is 0 Å². The Morgan fingerprint density at radius 1 is 1.50 bits per heavy atom. The van der Waals surface area contributed by atoms with Gasteiger partial charge >= 0.3 is 0 Å². The Labute approximate surface area is 118 Å². The van der Waals surface area contributed by atoms with Crippen molar-refractivity contribution in [3.63, 3.8) is 0 Å². The number of rotatable bonds is 4. The van der Waals surface area contributed by atoms with Gasteiger partial charge in [0.1, 0.15) is 5.75 Å². The average molecular weight is 277 g/mol. The van der Waals surface area contributed by atoms with Gasteiger partial charge < -0.3 is 20.3 Å². The van der Waals surface area contributed by atoms with Gasteiger partial charge in [-0.25, -0.2) is 0 Å². The molecule has 0 saturated carbocycles. The van der Waals surface area contributed by atoms with Crippen LogP contribution in [-0.4, -0.2) is 50.0 Å². The molecule has 1 aliphatic heterocycles. The third-order valence-electron chi connectivity index (χ3n) is 3.25. The molecular formula is C14H19N3O3. The third kappa shape index (κ3) is 3.40. The van der Waals surface area contributed by atoms with Gasteiger partial charge in [-0.2, -0.15) is 0 Å². The first-order chi connectivity index (χ1) is 9.60. The first-order valence-corrected chi connectivity index (χ1v) is 6.53. The van der Waals surface area contributed by atoms with Crippen LogP contribution in [0.15, 0.2) is 18.2 Å². The van der Waals surface area contributed by atoms with Crippen LogP contribution >= 0.6 is 0 Å². The number of aryl methyl sites for hydroxylation is 1. The summed E-state index contributed by atoms with van der Waals surface area (Å²) >= 11 is 0. The summed E-state index contributed by atoms with van der Waals surface area (Å²) in [6.45, 7) is 3.35. The fraction of sp³-hybridized carbons (Fsp3) is 0.429. The molecule has 2 N–H and O–H groups in total. The van der Waals surface area contributed by atoms with Crippen molar-refractivity contribution in [3.05, 3.63) is 23.8 Å². The number of hydrogen-bond acceptors (Lipinski definition) is 4. The Hall–Kier alpha value is -2.24. The van der Waals surface area contributed by atoms with Crippen molar-refractivity contribution in [1.82, 2.24) is 10.2 Å². The molecule has 0 aliphatic carbocycles. The molecule has 1 aromatic carbocycles. The second-order valence-electron chi connectivity index (χ2n) is 4.70. The molecule has 1 aromatic rings. The summed E-state index contributed by atoms with van der Waals surface area (Å²) < 4.78 is 5.14. The van der Waals surface area contributed by atoms with Crippen molar-refractivity contribution in [3.8, 4) is 5.75 Å². The highest BCUT2D eigenvalue weighted by molar-refractivity contribution is 5.88. The normalized spacial score (nSPS) is 14.7. The molecular weight excluding hydrogens is 258 g/mol. The molecule has 0 unspecified atom stereocenters. The molecule has 1 aliphatic rings. The van der Waals surface area contributed by atoms with Gasteiger partial charge in [0.05, 0.1) is 20.2 Å². The Bertz CT molecular complexity index is 516. The molecule has 108 valence electrons. The minimum absolute atomic E-state index is 0.0740. The van der Waals surface area contributed by atoms with Gasteiger partial charge in [-0.1, -0.05) is 0 Å². The number of nitrogens with zero attached hydrogens (tertiary/aromatic N) is 1. The highest BCUT2D eigenvalue weighted by atomic mass is 16.5. The summed E-state index contributed by atoms with van der Waals surface area (Å²) in [6.07, 6.45) is 0. The number of ether oxygens (including phenoxy) is 1. The van der Waals surface area contributed by atoms with E-state index in [1.165, 1.54) is 0 Å². The molecule has 0 aromatic heterocycles. The van der Waals surface area contributed by atoms with Crippen molar-refractivity contribution in [1.29, 1.82) is 0 Å². The number of nitrogens with one attached hydrogen (secondary N) is 2. The van der Waals surface area contributed by atoms with Crippen molar-refractivity contribution < 1.29 is 14.3 Å². The monoisotopic (exact) mass is 277 g/mol. The van der Waals surface area contributed by atoms with E-state index >= 15 is 0 Å². The molecule has 0 radical (unpaired) electrons. The lowest BCUT2D eigenvalue weighted by Gasteiger charge is -2.27. The molecule has 0 atom stereocenters. The first-order valence-electron chi connectivity index (χ1n) is 6.53. The number of piperazine rings is 1. The number of anilines is 1. The highest BCUT2D eigenvalue weighted by Gasteiger charge is 2.20. The zero-order valence-electron chi connectivity index (χ0n) is 11.7. The fourth-order valence-corrected chi connectivity index (χ4v) is 2.10. The van der Waals surface area contributed by atoms with Gasteiger partial charge in [0.15, 0.2) is 0 Å². The second kappa shape index (κ2) is 6.27. The number of benzene rings is 1. The number of amides is 2. The first kappa shape index (κ1) is 14.2. The SMILES string of the molecule is COc1ccc(NCC(=O)N2CCNC(=O)C2)c(C)c1. The molecule has 1 fully saturated rings. The van der Waals surface area contributed by atoms with E-state index in [1.807, 2.05) is 25.1 Å². The molecule has 2 amide bonds. The summed E-state index contributed by atoms with van der Waals surface area (Å²) in [4.78, 5) is 24.8. The average Bonchev–Trinajstić information content (AvgIpc) is 2.45. The summed E-state index contributed by atoms with van der Waals surface area (Å²) in [5.74, 6) is 0.604. The molecule has 0 bridgehead atoms. The lowest BCUT2D eigenvalue weighted by atomic mass is 10.2. The third-order valence-corrected chi connectivity index (χ3v) is 3.25. The summed E-state index contributed by atoms with van der Waals surface area (Å²) in [7, 11) is 1.62. The number of methoxy groups -OCH3 is 1. The Morgan fingerprint density at radius 2 is 2.30 bits per heavy atom. The Kier molecular flexibility index (Phi) is 4.45. The lowest BCUT2D eigenvalue weighted by Crippen LogP contribution is -2.51. The zero-order chi connectivity index (χ0) is 14.5. The van der Waals surface area contributed by atoms with Crippen molar-refractivity contribution in [2.45, 2.75) is 6.92 Å². The maximum absolute atomic E-state index is 12.0. The highest BCUT2D eigenvalue weighted by Crippen LogP contribution is 2.20. The summed E-state index contributed by atoms with van der Waals surface area (Å²) in [6, 6.07) is 5.62. The van der Waals surface area contributed by atoms with Crippen LogP contribution in [-0.2, 0) is 9.59 Å². The van der Waals surface area contributed by atoms with Crippen LogP contribution in [0.1, 0.15) is 5.56 Å². The van der Waals surface area contributed by atoms with E-state index in [1.54, 1.807) is 12.0 Å². The molecule has 6 heteroatoms. The molecule has 1 heterocycles. The Morgan fingerprint density at radius 3 is 2.95 bits per heavy atom. The van der Waals surface area contributed by atoms with Crippen molar-refractivity contribution >= 4 is 17.5 Å². The van der Waals surface area contributed by atoms with Crippen LogP contribution in [0.4, 0.5) is 5.69 Å². The van der Waals surface area contributed by atoms with E-state index in [0.29, 0.717) is 13.1 Å². The number of hydrogen-bond donors (Lipinski definition) is 2. The van der Waals surface area contributed by atoms with E-state index in [2.05, 4.69) is 10.6 Å². The quantitative estimate of drug-likeness (QED) is 0.834.